The van der Waals surface area contributed by atoms with Gasteiger partial charge < -0.3 is 15.7 Å². The van der Waals surface area contributed by atoms with Gasteiger partial charge in [-0.3, -0.25) is 0 Å². The van der Waals surface area contributed by atoms with Gasteiger partial charge in [-0.15, -0.1) is 0 Å². The minimum atomic E-state index is -3.15. The first kappa shape index (κ1) is 17.0. The zero-order valence-electron chi connectivity index (χ0n) is 11.8. The largest absolute Gasteiger partial charge is 0.478 e. The number of carbonyl (C=O) groups excluding carboxylic acids is 1. The smallest absolute Gasteiger partial charge is 0.337 e. The van der Waals surface area contributed by atoms with Crippen molar-refractivity contribution >= 4 is 27.5 Å². The highest BCUT2D eigenvalue weighted by Crippen LogP contribution is 2.20. The molecule has 0 spiro atoms. The zero-order chi connectivity index (χ0) is 16.0. The third-order valence-corrected chi connectivity index (χ3v) is 4.59. The zero-order valence-corrected chi connectivity index (χ0v) is 12.7. The van der Waals surface area contributed by atoms with E-state index in [1.54, 1.807) is 19.1 Å². The van der Waals surface area contributed by atoms with Crippen LogP contribution in [-0.2, 0) is 9.84 Å². The molecule has 2 amide bonds. The summed E-state index contributed by atoms with van der Waals surface area (Å²) in [6, 6.07) is 3.99. The van der Waals surface area contributed by atoms with Crippen molar-refractivity contribution in [2.45, 2.75) is 13.8 Å². The Hall–Kier alpha value is -2.09. The molecule has 0 radical (unpaired) electrons. The molecule has 1 rings (SSSR count). The summed E-state index contributed by atoms with van der Waals surface area (Å²) in [6.45, 7) is 3.17. The average molecular weight is 314 g/mol. The number of hydrogen-bond acceptors (Lipinski definition) is 4. The summed E-state index contributed by atoms with van der Waals surface area (Å²) in [5.41, 5.74) is 0.776. The number of benzene rings is 1. The maximum atomic E-state index is 11.7. The number of aromatic carboxylic acids is 1. The van der Waals surface area contributed by atoms with Crippen molar-refractivity contribution in [3.8, 4) is 0 Å². The van der Waals surface area contributed by atoms with Crippen molar-refractivity contribution in [3.05, 3.63) is 29.3 Å². The number of carboxylic acids is 1. The Morgan fingerprint density at radius 3 is 2.52 bits per heavy atom. The Morgan fingerprint density at radius 1 is 1.29 bits per heavy atom. The van der Waals surface area contributed by atoms with Gasteiger partial charge in [-0.2, -0.15) is 0 Å². The van der Waals surface area contributed by atoms with Crippen molar-refractivity contribution in [1.29, 1.82) is 0 Å². The molecule has 3 N–H and O–H groups in total. The van der Waals surface area contributed by atoms with Gasteiger partial charge >= 0.3 is 12.0 Å². The van der Waals surface area contributed by atoms with Crippen LogP contribution < -0.4 is 10.6 Å². The van der Waals surface area contributed by atoms with Gasteiger partial charge in [-0.05, 0) is 18.6 Å². The number of para-hydroxylation sites is 1. The number of nitrogens with one attached hydrogen (secondary N) is 2. The Labute approximate surface area is 123 Å². The van der Waals surface area contributed by atoms with Gasteiger partial charge in [0.1, 0.15) is 0 Å². The highest BCUT2D eigenvalue weighted by molar-refractivity contribution is 7.91. The normalized spacial score (nSPS) is 11.0. The predicted molar refractivity (Wildman–Crippen MR) is 79.5 cm³/mol. The first-order chi connectivity index (χ1) is 9.76. The molecule has 1 aromatic carbocycles. The molecule has 0 aliphatic carbocycles. The summed E-state index contributed by atoms with van der Waals surface area (Å²) in [6.07, 6.45) is 0. The molecule has 0 aliphatic heterocycles. The summed E-state index contributed by atoms with van der Waals surface area (Å²) in [5.74, 6) is -1.30. The number of anilines is 1. The summed E-state index contributed by atoms with van der Waals surface area (Å²) in [4.78, 5) is 22.8. The second kappa shape index (κ2) is 7.07. The number of carbonyl (C=O) groups is 2. The molecule has 0 unspecified atom stereocenters. The van der Waals surface area contributed by atoms with Crippen molar-refractivity contribution in [2.24, 2.45) is 0 Å². The van der Waals surface area contributed by atoms with Crippen LogP contribution in [0.2, 0.25) is 0 Å². The van der Waals surface area contributed by atoms with E-state index < -0.39 is 21.8 Å². The number of amides is 2. The van der Waals surface area contributed by atoms with E-state index in [0.29, 0.717) is 5.56 Å². The number of aryl methyl sites for hydroxylation is 1. The minimum absolute atomic E-state index is 0.0112. The van der Waals surface area contributed by atoms with Crippen LogP contribution in [0.15, 0.2) is 18.2 Å². The molecule has 0 atom stereocenters. The van der Waals surface area contributed by atoms with Crippen molar-refractivity contribution in [1.82, 2.24) is 5.32 Å². The molecule has 1 aromatic rings. The maximum Gasteiger partial charge on any atom is 0.337 e. The molecule has 116 valence electrons. The standard InChI is InChI=1S/C13H18N2O5S/c1-3-21(19,20)8-7-14-13(18)15-11-9(2)5-4-6-10(11)12(16)17/h4-6H,3,7-8H2,1-2H3,(H,16,17)(H2,14,15,18). The second-order valence-corrected chi connectivity index (χ2v) is 6.89. The highest BCUT2D eigenvalue weighted by atomic mass is 32.2. The topological polar surface area (TPSA) is 113 Å². The van der Waals surface area contributed by atoms with Gasteiger partial charge in [-0.25, -0.2) is 18.0 Å². The van der Waals surface area contributed by atoms with Gasteiger partial charge in [0.05, 0.1) is 17.0 Å². The molecular formula is C13H18N2O5S. The molecule has 0 aliphatic rings. The first-order valence-electron chi connectivity index (χ1n) is 6.35. The van der Waals surface area contributed by atoms with Crippen molar-refractivity contribution in [2.75, 3.05) is 23.4 Å². The van der Waals surface area contributed by atoms with Crippen LogP contribution in [0.25, 0.3) is 0 Å². The van der Waals surface area contributed by atoms with Gasteiger partial charge in [0.2, 0.25) is 0 Å². The molecule has 0 bridgehead atoms. The molecule has 0 saturated heterocycles. The molecule has 0 saturated carbocycles. The maximum absolute atomic E-state index is 11.7. The highest BCUT2D eigenvalue weighted by Gasteiger charge is 2.14. The number of hydrogen-bond donors (Lipinski definition) is 3. The molecule has 7 nitrogen and oxygen atoms in total. The summed E-state index contributed by atoms with van der Waals surface area (Å²) >= 11 is 0. The van der Waals surface area contributed by atoms with Gasteiger partial charge in [0.15, 0.2) is 9.84 Å². The van der Waals surface area contributed by atoms with E-state index in [-0.39, 0.29) is 29.3 Å². The van der Waals surface area contributed by atoms with E-state index in [0.717, 1.165) is 0 Å². The van der Waals surface area contributed by atoms with E-state index in [4.69, 9.17) is 5.11 Å². The van der Waals surface area contributed by atoms with Crippen LogP contribution in [0.3, 0.4) is 0 Å². The van der Waals surface area contributed by atoms with Gasteiger partial charge in [0, 0.05) is 12.3 Å². The minimum Gasteiger partial charge on any atom is -0.478 e. The fourth-order valence-electron chi connectivity index (χ4n) is 1.63. The summed E-state index contributed by atoms with van der Waals surface area (Å²) in [5, 5.41) is 13.9. The van der Waals surface area contributed by atoms with Crippen molar-refractivity contribution < 1.29 is 23.1 Å². The summed E-state index contributed by atoms with van der Waals surface area (Å²) < 4.78 is 22.6. The number of carboxylic acid groups (broad SMARTS) is 1. The molecule has 0 fully saturated rings. The molecule has 21 heavy (non-hydrogen) atoms. The fourth-order valence-corrected chi connectivity index (χ4v) is 2.34. The lowest BCUT2D eigenvalue weighted by molar-refractivity contribution is 0.0698. The third kappa shape index (κ3) is 5.07. The molecule has 8 heteroatoms. The van der Waals surface area contributed by atoms with E-state index in [1.807, 2.05) is 0 Å². The Bertz CT molecular complexity index is 640. The number of rotatable bonds is 6. The Morgan fingerprint density at radius 2 is 1.95 bits per heavy atom. The van der Waals surface area contributed by atoms with Crippen LogP contribution >= 0.6 is 0 Å². The molecule has 0 heterocycles. The van der Waals surface area contributed by atoms with E-state index in [1.165, 1.54) is 13.0 Å². The van der Waals surface area contributed by atoms with Crippen LogP contribution in [-0.4, -0.2) is 43.6 Å². The SMILES string of the molecule is CCS(=O)(=O)CCNC(=O)Nc1c(C)cccc1C(=O)O. The lowest BCUT2D eigenvalue weighted by Gasteiger charge is -2.12. The van der Waals surface area contributed by atoms with E-state index >= 15 is 0 Å². The quantitative estimate of drug-likeness (QED) is 0.731. The van der Waals surface area contributed by atoms with Crippen molar-refractivity contribution in [3.63, 3.8) is 0 Å². The van der Waals surface area contributed by atoms with Crippen LogP contribution in [0, 0.1) is 6.92 Å². The third-order valence-electron chi connectivity index (χ3n) is 2.88. The van der Waals surface area contributed by atoms with Crippen LogP contribution in [0.4, 0.5) is 10.5 Å². The second-order valence-electron chi connectivity index (χ2n) is 4.42. The average Bonchev–Trinajstić information content (AvgIpc) is 2.40. The van der Waals surface area contributed by atoms with E-state index in [9.17, 15) is 18.0 Å². The molecule has 0 aromatic heterocycles. The first-order valence-corrected chi connectivity index (χ1v) is 8.17. The lowest BCUT2D eigenvalue weighted by atomic mass is 10.1. The van der Waals surface area contributed by atoms with Crippen LogP contribution in [0.1, 0.15) is 22.8 Å². The van der Waals surface area contributed by atoms with E-state index in [2.05, 4.69) is 10.6 Å². The van der Waals surface area contributed by atoms with Crippen LogP contribution in [0.5, 0.6) is 0 Å². The molecular weight excluding hydrogens is 296 g/mol. The Kier molecular flexibility index (Phi) is 5.71. The number of urea groups is 1. The van der Waals surface area contributed by atoms with Gasteiger partial charge in [0.25, 0.3) is 0 Å². The monoisotopic (exact) mass is 314 g/mol. The lowest BCUT2D eigenvalue weighted by Crippen LogP contribution is -2.33. The van der Waals surface area contributed by atoms with Gasteiger partial charge in [-0.1, -0.05) is 19.1 Å². The Balaban J connectivity index is 2.70. The predicted octanol–water partition coefficient (Wildman–Crippen LogP) is 1.25. The summed E-state index contributed by atoms with van der Waals surface area (Å²) in [7, 11) is -3.15. The fraction of sp³-hybridized carbons (Fsp3) is 0.385. The number of sulfone groups is 1.